The van der Waals surface area contributed by atoms with Gasteiger partial charge in [-0.15, -0.1) is 0 Å². The van der Waals surface area contributed by atoms with Gasteiger partial charge in [0.1, 0.15) is 18.1 Å². The number of amides is 3. The first-order chi connectivity index (χ1) is 15.8. The smallest absolute Gasteiger partial charge is 0.326 e. The zero-order chi connectivity index (χ0) is 24.4. The van der Waals surface area contributed by atoms with Crippen LogP contribution in [0, 0.1) is 5.92 Å². The van der Waals surface area contributed by atoms with Gasteiger partial charge in [-0.25, -0.2) is 4.79 Å². The largest absolute Gasteiger partial charge is 0.480 e. The van der Waals surface area contributed by atoms with Crippen molar-refractivity contribution < 1.29 is 29.4 Å². The van der Waals surface area contributed by atoms with Gasteiger partial charge in [-0.2, -0.15) is 0 Å². The highest BCUT2D eigenvalue weighted by molar-refractivity contribution is 5.94. The molecule has 1 saturated heterocycles. The molecule has 0 spiro atoms. The lowest BCUT2D eigenvalue weighted by Gasteiger charge is -2.26. The van der Waals surface area contributed by atoms with Crippen molar-refractivity contribution in [2.24, 2.45) is 5.92 Å². The first-order valence-electron chi connectivity index (χ1n) is 11.3. The summed E-state index contributed by atoms with van der Waals surface area (Å²) >= 11 is 0. The highest BCUT2D eigenvalue weighted by Gasteiger charge is 2.32. The molecule has 10 nitrogen and oxygen atoms in total. The van der Waals surface area contributed by atoms with Crippen LogP contribution in [0.15, 0.2) is 30.3 Å². The van der Waals surface area contributed by atoms with Crippen LogP contribution in [-0.2, 0) is 25.6 Å². The molecular formula is C23H34N4O6. The maximum absolute atomic E-state index is 13.0. The van der Waals surface area contributed by atoms with Crippen LogP contribution < -0.4 is 21.3 Å². The second-order valence-corrected chi connectivity index (χ2v) is 8.35. The number of rotatable bonds is 12. The Morgan fingerprint density at radius 3 is 2.27 bits per heavy atom. The third-order valence-corrected chi connectivity index (χ3v) is 5.88. The summed E-state index contributed by atoms with van der Waals surface area (Å²) in [5, 5.41) is 29.8. The summed E-state index contributed by atoms with van der Waals surface area (Å²) in [6, 6.07) is 5.08. The molecule has 1 fully saturated rings. The average Bonchev–Trinajstić information content (AvgIpc) is 3.35. The minimum absolute atomic E-state index is 0.113. The first-order valence-corrected chi connectivity index (χ1v) is 11.3. The van der Waals surface area contributed by atoms with Crippen LogP contribution in [0.25, 0.3) is 0 Å². The Balaban J connectivity index is 2.14. The molecule has 182 valence electrons. The van der Waals surface area contributed by atoms with Crippen molar-refractivity contribution in [3.8, 4) is 0 Å². The van der Waals surface area contributed by atoms with Crippen LogP contribution in [-0.4, -0.2) is 71.2 Å². The summed E-state index contributed by atoms with van der Waals surface area (Å²) in [5.74, 6) is -3.25. The number of aliphatic carboxylic acids is 1. The van der Waals surface area contributed by atoms with E-state index in [9.17, 15) is 29.4 Å². The zero-order valence-electron chi connectivity index (χ0n) is 19.0. The molecule has 6 N–H and O–H groups in total. The number of hydrogen-bond donors (Lipinski definition) is 6. The van der Waals surface area contributed by atoms with Crippen molar-refractivity contribution in [2.45, 2.75) is 63.7 Å². The van der Waals surface area contributed by atoms with E-state index in [1.165, 1.54) is 0 Å². The van der Waals surface area contributed by atoms with Gasteiger partial charge in [0.15, 0.2) is 0 Å². The zero-order valence-corrected chi connectivity index (χ0v) is 19.0. The Kier molecular flexibility index (Phi) is 10.3. The van der Waals surface area contributed by atoms with E-state index < -0.39 is 54.5 Å². The molecular weight excluding hydrogens is 428 g/mol. The van der Waals surface area contributed by atoms with Gasteiger partial charge in [0.25, 0.3) is 0 Å². The fraction of sp³-hybridized carbons (Fsp3) is 0.565. The topological polar surface area (TPSA) is 157 Å². The number of carbonyl (C=O) groups is 4. The lowest BCUT2D eigenvalue weighted by molar-refractivity contribution is -0.143. The first kappa shape index (κ1) is 26.3. The van der Waals surface area contributed by atoms with Gasteiger partial charge < -0.3 is 31.5 Å². The van der Waals surface area contributed by atoms with Crippen molar-refractivity contribution in [1.82, 2.24) is 21.3 Å². The highest BCUT2D eigenvalue weighted by Crippen LogP contribution is 2.10. The number of nitrogens with one attached hydrogen (secondary N) is 4. The molecule has 0 aliphatic carbocycles. The number of aliphatic hydroxyl groups excluding tert-OH is 1. The van der Waals surface area contributed by atoms with E-state index in [-0.39, 0.29) is 12.3 Å². The minimum atomic E-state index is -1.24. The SMILES string of the molecule is CCC(C)C(NC(=O)C(Cc1ccccc1)NC(=O)C(CO)NC(=O)C1CCCN1)C(=O)O. The van der Waals surface area contributed by atoms with E-state index in [0.717, 1.165) is 12.0 Å². The predicted molar refractivity (Wildman–Crippen MR) is 121 cm³/mol. The molecule has 0 radical (unpaired) electrons. The number of carboxylic acid groups (broad SMARTS) is 1. The molecule has 33 heavy (non-hydrogen) atoms. The number of carboxylic acids is 1. The van der Waals surface area contributed by atoms with Gasteiger partial charge in [-0.1, -0.05) is 50.6 Å². The van der Waals surface area contributed by atoms with E-state index in [0.29, 0.717) is 19.4 Å². The molecule has 1 aromatic carbocycles. The van der Waals surface area contributed by atoms with Crippen LogP contribution >= 0.6 is 0 Å². The fourth-order valence-corrected chi connectivity index (χ4v) is 3.64. The predicted octanol–water partition coefficient (Wildman–Crippen LogP) is -0.441. The van der Waals surface area contributed by atoms with Crippen LogP contribution in [0.3, 0.4) is 0 Å². The number of benzene rings is 1. The van der Waals surface area contributed by atoms with Gasteiger partial charge in [0.2, 0.25) is 17.7 Å². The summed E-state index contributed by atoms with van der Waals surface area (Å²) in [6.07, 6.45) is 2.13. The molecule has 0 saturated carbocycles. The van der Waals surface area contributed by atoms with Crippen molar-refractivity contribution in [1.29, 1.82) is 0 Å². The van der Waals surface area contributed by atoms with Gasteiger partial charge in [0.05, 0.1) is 12.6 Å². The van der Waals surface area contributed by atoms with Crippen LogP contribution in [0.2, 0.25) is 0 Å². The third-order valence-electron chi connectivity index (χ3n) is 5.88. The molecule has 0 aromatic heterocycles. The van der Waals surface area contributed by atoms with E-state index in [1.807, 2.05) is 13.0 Å². The van der Waals surface area contributed by atoms with Crippen molar-refractivity contribution >= 4 is 23.7 Å². The molecule has 1 aromatic rings. The summed E-state index contributed by atoms with van der Waals surface area (Å²) in [5.41, 5.74) is 0.758. The minimum Gasteiger partial charge on any atom is -0.480 e. The van der Waals surface area contributed by atoms with Crippen LogP contribution in [0.1, 0.15) is 38.7 Å². The molecule has 5 unspecified atom stereocenters. The highest BCUT2D eigenvalue weighted by atomic mass is 16.4. The average molecular weight is 463 g/mol. The van der Waals surface area contributed by atoms with E-state index in [2.05, 4.69) is 21.3 Å². The van der Waals surface area contributed by atoms with Crippen molar-refractivity contribution in [2.75, 3.05) is 13.2 Å². The Hall–Kier alpha value is -2.98. The maximum atomic E-state index is 13.0. The van der Waals surface area contributed by atoms with Gasteiger partial charge in [-0.05, 0) is 30.9 Å². The number of hydrogen-bond acceptors (Lipinski definition) is 6. The second-order valence-electron chi connectivity index (χ2n) is 8.35. The van der Waals surface area contributed by atoms with E-state index in [4.69, 9.17) is 0 Å². The van der Waals surface area contributed by atoms with Gasteiger partial charge >= 0.3 is 5.97 Å². The summed E-state index contributed by atoms with van der Waals surface area (Å²) in [7, 11) is 0. The molecule has 2 rings (SSSR count). The van der Waals surface area contributed by atoms with Crippen LogP contribution in [0.5, 0.6) is 0 Å². The monoisotopic (exact) mass is 462 g/mol. The molecule has 0 bridgehead atoms. The van der Waals surface area contributed by atoms with Crippen molar-refractivity contribution in [3.63, 3.8) is 0 Å². The van der Waals surface area contributed by atoms with E-state index >= 15 is 0 Å². The molecule has 1 aliphatic rings. The second kappa shape index (κ2) is 12.9. The Morgan fingerprint density at radius 2 is 1.73 bits per heavy atom. The Labute approximate surface area is 193 Å². The number of aliphatic hydroxyl groups is 1. The van der Waals surface area contributed by atoms with E-state index in [1.54, 1.807) is 31.2 Å². The lowest BCUT2D eigenvalue weighted by atomic mass is 9.98. The van der Waals surface area contributed by atoms with Gasteiger partial charge in [0, 0.05) is 6.42 Å². The normalized spacial score (nSPS) is 19.1. The summed E-state index contributed by atoms with van der Waals surface area (Å²) in [6.45, 7) is 3.60. The quantitative estimate of drug-likeness (QED) is 0.246. The summed E-state index contributed by atoms with van der Waals surface area (Å²) < 4.78 is 0. The molecule has 3 amide bonds. The standard InChI is InChI=1S/C23H34N4O6/c1-3-14(2)19(23(32)33)27-21(30)17(12-15-8-5-4-6-9-15)25-22(31)18(13-28)26-20(29)16-10-7-11-24-16/h4-6,8-9,14,16-19,24,28H,3,7,10-13H2,1-2H3,(H,25,31)(H,26,29)(H,27,30)(H,32,33). The summed E-state index contributed by atoms with van der Waals surface area (Å²) in [4.78, 5) is 49.8. The molecule has 1 heterocycles. The number of carbonyl (C=O) groups excluding carboxylic acids is 3. The molecule has 1 aliphatic heterocycles. The van der Waals surface area contributed by atoms with Crippen molar-refractivity contribution in [3.05, 3.63) is 35.9 Å². The Morgan fingerprint density at radius 1 is 1.06 bits per heavy atom. The Bertz CT molecular complexity index is 812. The lowest BCUT2D eigenvalue weighted by Crippen LogP contribution is -2.59. The van der Waals surface area contributed by atoms with Crippen LogP contribution in [0.4, 0.5) is 0 Å². The fourth-order valence-electron chi connectivity index (χ4n) is 3.64. The van der Waals surface area contributed by atoms with Gasteiger partial charge in [-0.3, -0.25) is 14.4 Å². The maximum Gasteiger partial charge on any atom is 0.326 e. The molecule has 10 heteroatoms. The molecule has 5 atom stereocenters. The third kappa shape index (κ3) is 7.83.